The second-order valence-electron chi connectivity index (χ2n) is 3.94. The normalized spacial score (nSPS) is 12.3. The Morgan fingerprint density at radius 2 is 2.07 bits per heavy atom. The number of aliphatic hydroxyl groups is 1. The van der Waals surface area contributed by atoms with Gasteiger partial charge in [0.2, 0.25) is 0 Å². The summed E-state index contributed by atoms with van der Waals surface area (Å²) in [5, 5.41) is 11.0. The zero-order valence-electron chi connectivity index (χ0n) is 8.34. The Hall–Kier alpha value is -0.151. The van der Waals surface area contributed by atoms with Crippen LogP contribution >= 0.6 is 15.9 Å². The molecule has 80 valence electrons. The number of rotatable bonds is 1. The Labute approximate surface area is 102 Å². The summed E-state index contributed by atoms with van der Waals surface area (Å²) in [6.07, 6.45) is 0. The molecule has 0 aliphatic rings. The van der Waals surface area contributed by atoms with Gasteiger partial charge in [-0.15, -0.1) is 0 Å². The van der Waals surface area contributed by atoms with E-state index in [1.807, 2.05) is 0 Å². The maximum atomic E-state index is 13.0. The molecule has 0 amide bonds. The summed E-state index contributed by atoms with van der Waals surface area (Å²) >= 11 is 3.49. The molecule has 1 aromatic heterocycles. The molecule has 2 rings (SSSR count). The summed E-state index contributed by atoms with van der Waals surface area (Å²) in [6.45, 7) is 3.52. The molecule has 1 N–H and O–H groups in total. The van der Waals surface area contributed by atoms with Gasteiger partial charge in [-0.2, -0.15) is 0 Å². The molecule has 0 saturated carbocycles. The number of benzene rings is 1. The van der Waals surface area contributed by atoms with Crippen molar-refractivity contribution in [1.82, 2.24) is 0 Å². The molecule has 0 fully saturated rings. The monoisotopic (exact) mass is 336 g/mol. The third-order valence-corrected chi connectivity index (χ3v) is 6.64. The van der Waals surface area contributed by atoms with E-state index in [1.165, 1.54) is 6.07 Å². The first kappa shape index (κ1) is 11.3. The number of hydrogen-bond acceptors (Lipinski definition) is 1. The maximum absolute atomic E-state index is 13.0. The van der Waals surface area contributed by atoms with Crippen molar-refractivity contribution in [3.8, 4) is 0 Å². The quantitative estimate of drug-likeness (QED) is 0.794. The Morgan fingerprint density at radius 1 is 1.40 bits per heavy atom. The molecule has 1 heterocycles. The Bertz CT molecular complexity index is 513. The second-order valence-corrected chi connectivity index (χ2v) is 6.95. The fourth-order valence-corrected chi connectivity index (χ4v) is 5.33. The van der Waals surface area contributed by atoms with Crippen molar-refractivity contribution in [1.29, 1.82) is 0 Å². The molecule has 0 aliphatic heterocycles. The molecule has 1 nitrogen and oxygen atoms in total. The van der Waals surface area contributed by atoms with E-state index in [0.29, 0.717) is 0 Å². The van der Waals surface area contributed by atoms with Crippen LogP contribution in [0.1, 0.15) is 18.3 Å². The second kappa shape index (κ2) is 3.70. The van der Waals surface area contributed by atoms with Gasteiger partial charge in [0, 0.05) is 0 Å². The van der Waals surface area contributed by atoms with Crippen molar-refractivity contribution < 1.29 is 9.50 Å². The molecule has 1 aromatic carbocycles. The van der Waals surface area contributed by atoms with Gasteiger partial charge in [-0.1, -0.05) is 0 Å². The first-order valence-corrected chi connectivity index (χ1v) is 7.00. The van der Waals surface area contributed by atoms with Gasteiger partial charge in [0.1, 0.15) is 0 Å². The Balaban J connectivity index is 2.75. The third kappa shape index (κ3) is 2.04. The van der Waals surface area contributed by atoms with Crippen LogP contribution in [0.3, 0.4) is 0 Å². The molecular weight excluding hydrogens is 326 g/mol. The SMILES string of the molecule is CC(C)(O)c1[se]c2cc(F)ccc2c1Br. The molecule has 0 aliphatic carbocycles. The summed E-state index contributed by atoms with van der Waals surface area (Å²) in [5.74, 6) is -0.215. The topological polar surface area (TPSA) is 20.2 Å². The summed E-state index contributed by atoms with van der Waals surface area (Å²) in [7, 11) is 0. The van der Waals surface area contributed by atoms with Crippen LogP contribution in [0, 0.1) is 5.82 Å². The van der Waals surface area contributed by atoms with Crippen LogP contribution in [0.4, 0.5) is 4.39 Å². The van der Waals surface area contributed by atoms with E-state index >= 15 is 0 Å². The molecule has 2 aromatic rings. The van der Waals surface area contributed by atoms with Crippen molar-refractivity contribution in [2.75, 3.05) is 0 Å². The fourth-order valence-electron chi connectivity index (χ4n) is 1.43. The molecule has 15 heavy (non-hydrogen) atoms. The number of fused-ring (bicyclic) bond motifs is 1. The van der Waals surface area contributed by atoms with Crippen LogP contribution in [-0.4, -0.2) is 19.6 Å². The molecule has 0 saturated heterocycles. The van der Waals surface area contributed by atoms with E-state index in [1.54, 1.807) is 26.0 Å². The Kier molecular flexibility index (Phi) is 2.80. The standard InChI is InChI=1S/C11H10BrFOSe/c1-11(2,14)10-9(12)7-4-3-6(13)5-8(7)15-10/h3-5,14H,1-2H3. The van der Waals surface area contributed by atoms with E-state index in [2.05, 4.69) is 15.9 Å². The van der Waals surface area contributed by atoms with Crippen molar-refractivity contribution >= 4 is 40.1 Å². The van der Waals surface area contributed by atoms with Gasteiger partial charge in [0.05, 0.1) is 0 Å². The zero-order chi connectivity index (χ0) is 11.2. The Morgan fingerprint density at radius 3 is 2.67 bits per heavy atom. The van der Waals surface area contributed by atoms with Crippen molar-refractivity contribution in [3.63, 3.8) is 0 Å². The van der Waals surface area contributed by atoms with E-state index in [4.69, 9.17) is 0 Å². The number of hydrogen-bond donors (Lipinski definition) is 1. The van der Waals surface area contributed by atoms with Gasteiger partial charge < -0.3 is 0 Å². The zero-order valence-corrected chi connectivity index (χ0v) is 11.6. The molecule has 4 heteroatoms. The predicted octanol–water partition coefficient (Wildman–Crippen LogP) is 3.03. The average molecular weight is 336 g/mol. The minimum absolute atomic E-state index is 0.00845. The number of halogens is 2. The molecular formula is C11H10BrFOSe. The van der Waals surface area contributed by atoms with Gasteiger partial charge in [-0.05, 0) is 0 Å². The molecule has 0 unspecified atom stereocenters. The molecule has 0 spiro atoms. The van der Waals surface area contributed by atoms with E-state index in [-0.39, 0.29) is 20.3 Å². The van der Waals surface area contributed by atoms with Crippen LogP contribution in [-0.2, 0) is 5.60 Å². The van der Waals surface area contributed by atoms with E-state index in [0.717, 1.165) is 18.6 Å². The van der Waals surface area contributed by atoms with Crippen molar-refractivity contribution in [2.24, 2.45) is 0 Å². The first-order valence-electron chi connectivity index (χ1n) is 4.50. The van der Waals surface area contributed by atoms with E-state index < -0.39 is 5.60 Å². The minimum atomic E-state index is -0.839. The predicted molar refractivity (Wildman–Crippen MR) is 63.8 cm³/mol. The first-order chi connectivity index (χ1) is 6.89. The van der Waals surface area contributed by atoms with Crippen LogP contribution in [0.2, 0.25) is 0 Å². The van der Waals surface area contributed by atoms with Crippen LogP contribution in [0.15, 0.2) is 22.7 Å². The molecule has 0 atom stereocenters. The summed E-state index contributed by atoms with van der Waals surface area (Å²) in [5.41, 5.74) is -0.839. The van der Waals surface area contributed by atoms with E-state index in [9.17, 15) is 9.50 Å². The van der Waals surface area contributed by atoms with Crippen molar-refractivity contribution in [3.05, 3.63) is 32.9 Å². The molecule has 0 radical (unpaired) electrons. The molecule has 0 bridgehead atoms. The van der Waals surface area contributed by atoms with Crippen LogP contribution in [0.5, 0.6) is 0 Å². The summed E-state index contributed by atoms with van der Waals surface area (Å²) in [6, 6.07) is 4.76. The van der Waals surface area contributed by atoms with Gasteiger partial charge in [0.15, 0.2) is 0 Å². The van der Waals surface area contributed by atoms with Crippen molar-refractivity contribution in [2.45, 2.75) is 19.4 Å². The van der Waals surface area contributed by atoms with Gasteiger partial charge in [-0.3, -0.25) is 0 Å². The van der Waals surface area contributed by atoms with Gasteiger partial charge in [-0.25, -0.2) is 0 Å². The summed E-state index contributed by atoms with van der Waals surface area (Å²) in [4.78, 5) is 0. The van der Waals surface area contributed by atoms with Gasteiger partial charge >= 0.3 is 102 Å². The van der Waals surface area contributed by atoms with Gasteiger partial charge in [0.25, 0.3) is 0 Å². The fraction of sp³-hybridized carbons (Fsp3) is 0.273. The summed E-state index contributed by atoms with van der Waals surface area (Å²) < 4.78 is 15.9. The third-order valence-electron chi connectivity index (χ3n) is 2.15. The van der Waals surface area contributed by atoms with Crippen LogP contribution in [0.25, 0.3) is 9.65 Å². The average Bonchev–Trinajstić information content (AvgIpc) is 2.42. The van der Waals surface area contributed by atoms with Crippen LogP contribution < -0.4 is 0 Å².